The van der Waals surface area contributed by atoms with E-state index in [-0.39, 0.29) is 0 Å². The fraction of sp³-hybridized carbons (Fsp3) is 0. The second-order valence-electron chi connectivity index (χ2n) is 9.15. The minimum absolute atomic E-state index is 0.737. The lowest BCUT2D eigenvalue weighted by Crippen LogP contribution is -2.25. The van der Waals surface area contributed by atoms with Crippen LogP contribution in [0.15, 0.2) is 134 Å². The summed E-state index contributed by atoms with van der Waals surface area (Å²) in [6.45, 7) is 0. The summed E-state index contributed by atoms with van der Waals surface area (Å²) in [6, 6.07) is 43.0. The van der Waals surface area contributed by atoms with Crippen LogP contribution in [-0.4, -0.2) is 4.98 Å². The van der Waals surface area contributed by atoms with Gasteiger partial charge in [-0.25, -0.2) is 0 Å². The molecule has 0 bridgehead atoms. The summed E-state index contributed by atoms with van der Waals surface area (Å²) in [7, 11) is -3.05. The largest absolute Gasteiger partial charge is 0.309 e. The minimum atomic E-state index is -3.05. The maximum absolute atomic E-state index is 14.7. The molecule has 0 unspecified atom stereocenters. The van der Waals surface area contributed by atoms with Gasteiger partial charge in [-0.3, -0.25) is 4.98 Å². The van der Waals surface area contributed by atoms with Gasteiger partial charge < -0.3 is 4.57 Å². The van der Waals surface area contributed by atoms with Gasteiger partial charge in [-0.05, 0) is 44.5 Å². The van der Waals surface area contributed by atoms with Crippen LogP contribution in [0.1, 0.15) is 0 Å². The zero-order valence-corrected chi connectivity index (χ0v) is 20.4. The fourth-order valence-corrected chi connectivity index (χ4v) is 8.00. The van der Waals surface area contributed by atoms with E-state index in [1.54, 1.807) is 6.20 Å². The summed E-state index contributed by atoms with van der Waals surface area (Å²) in [4.78, 5) is 4.88. The van der Waals surface area contributed by atoms with Gasteiger partial charge in [0.1, 0.15) is 0 Å². The lowest BCUT2D eigenvalue weighted by Gasteiger charge is -2.20. The molecule has 36 heavy (non-hydrogen) atoms. The first-order valence-corrected chi connectivity index (χ1v) is 13.8. The quantitative estimate of drug-likeness (QED) is 0.196. The second kappa shape index (κ2) is 8.16. The van der Waals surface area contributed by atoms with Crippen LogP contribution < -0.4 is 15.9 Å². The van der Waals surface area contributed by atoms with Gasteiger partial charge in [-0.15, -0.1) is 0 Å². The van der Waals surface area contributed by atoms with E-state index >= 15 is 0 Å². The molecule has 0 spiro atoms. The first-order chi connectivity index (χ1) is 17.7. The van der Waals surface area contributed by atoms with E-state index < -0.39 is 7.14 Å². The molecule has 0 N–H and O–H groups in total. The van der Waals surface area contributed by atoms with Crippen LogP contribution in [-0.2, 0) is 4.57 Å². The summed E-state index contributed by atoms with van der Waals surface area (Å²) in [5.74, 6) is 0. The Morgan fingerprint density at radius 1 is 0.472 bits per heavy atom. The summed E-state index contributed by atoms with van der Waals surface area (Å²) in [6.07, 6.45) is 1.80. The molecule has 3 heteroatoms. The van der Waals surface area contributed by atoms with E-state index in [2.05, 4.69) is 54.6 Å². The predicted octanol–water partition coefficient (Wildman–Crippen LogP) is 7.29. The third-order valence-electron chi connectivity index (χ3n) is 7.16. The highest BCUT2D eigenvalue weighted by Gasteiger charge is 2.30. The van der Waals surface area contributed by atoms with Crippen molar-refractivity contribution in [2.45, 2.75) is 0 Å². The zero-order chi connectivity index (χ0) is 24.1. The van der Waals surface area contributed by atoms with E-state index in [4.69, 9.17) is 4.98 Å². The smallest absolute Gasteiger partial charge is 0.172 e. The normalized spacial score (nSPS) is 12.0. The van der Waals surface area contributed by atoms with Crippen molar-refractivity contribution in [1.82, 2.24) is 4.98 Å². The number of benzene rings is 6. The Morgan fingerprint density at radius 3 is 1.67 bits per heavy atom. The van der Waals surface area contributed by atoms with Crippen LogP contribution in [0.2, 0.25) is 0 Å². The summed E-state index contributed by atoms with van der Waals surface area (Å²) < 4.78 is 14.7. The zero-order valence-electron chi connectivity index (χ0n) is 19.5. The van der Waals surface area contributed by atoms with E-state index in [0.717, 1.165) is 27.2 Å². The van der Waals surface area contributed by atoms with Gasteiger partial charge in [0.2, 0.25) is 0 Å². The Kier molecular flexibility index (Phi) is 4.77. The summed E-state index contributed by atoms with van der Waals surface area (Å²) in [5.41, 5.74) is 1.96. The van der Waals surface area contributed by atoms with E-state index in [0.29, 0.717) is 0 Å². The van der Waals surface area contributed by atoms with Gasteiger partial charge in [0.05, 0.1) is 5.69 Å². The van der Waals surface area contributed by atoms with Crippen molar-refractivity contribution in [1.29, 1.82) is 0 Å². The lowest BCUT2D eigenvalue weighted by molar-refractivity contribution is 0.592. The molecule has 0 saturated heterocycles. The molecule has 0 aliphatic carbocycles. The maximum Gasteiger partial charge on any atom is 0.172 e. The number of pyridine rings is 1. The number of hydrogen-bond acceptors (Lipinski definition) is 2. The molecule has 0 amide bonds. The number of aromatic nitrogens is 1. The van der Waals surface area contributed by atoms with Crippen molar-refractivity contribution in [3.05, 3.63) is 134 Å². The second-order valence-corrected chi connectivity index (χ2v) is 11.9. The van der Waals surface area contributed by atoms with Gasteiger partial charge >= 0.3 is 0 Å². The van der Waals surface area contributed by atoms with Crippen LogP contribution in [0.4, 0.5) is 0 Å². The highest BCUT2D eigenvalue weighted by molar-refractivity contribution is 7.85. The van der Waals surface area contributed by atoms with Crippen molar-refractivity contribution in [2.75, 3.05) is 0 Å². The van der Waals surface area contributed by atoms with Gasteiger partial charge in [0, 0.05) is 27.7 Å². The van der Waals surface area contributed by atoms with Gasteiger partial charge in [-0.2, -0.15) is 0 Å². The molecule has 6 aromatic carbocycles. The molecule has 1 heterocycles. The van der Waals surface area contributed by atoms with E-state index in [1.807, 2.05) is 72.8 Å². The van der Waals surface area contributed by atoms with Crippen LogP contribution in [0.25, 0.3) is 43.6 Å². The number of rotatable bonds is 4. The maximum atomic E-state index is 14.7. The average Bonchev–Trinajstić information content (AvgIpc) is 2.96. The van der Waals surface area contributed by atoms with Gasteiger partial charge in [-0.1, -0.05) is 115 Å². The molecule has 170 valence electrons. The minimum Gasteiger partial charge on any atom is -0.309 e. The predicted molar refractivity (Wildman–Crippen MR) is 153 cm³/mol. The third kappa shape index (κ3) is 3.12. The monoisotopic (exact) mass is 479 g/mol. The van der Waals surface area contributed by atoms with Crippen LogP contribution >= 0.6 is 7.14 Å². The third-order valence-corrected chi connectivity index (χ3v) is 10.2. The molecule has 0 aliphatic heterocycles. The Balaban J connectivity index is 1.41. The van der Waals surface area contributed by atoms with E-state index in [1.165, 1.54) is 32.3 Å². The molecule has 2 nitrogen and oxygen atoms in total. The number of hydrogen-bond donors (Lipinski definition) is 0. The molecular weight excluding hydrogens is 457 g/mol. The Morgan fingerprint density at radius 2 is 1.06 bits per heavy atom. The molecular formula is C33H22NOP. The molecule has 0 saturated carbocycles. The molecule has 0 atom stereocenters. The number of nitrogens with zero attached hydrogens (tertiary/aromatic N) is 1. The molecule has 7 rings (SSSR count). The molecule has 0 aliphatic rings. The van der Waals surface area contributed by atoms with Crippen molar-refractivity contribution in [3.8, 4) is 11.3 Å². The summed E-state index contributed by atoms with van der Waals surface area (Å²) >= 11 is 0. The van der Waals surface area contributed by atoms with Crippen LogP contribution in [0, 0.1) is 0 Å². The average molecular weight is 480 g/mol. The van der Waals surface area contributed by atoms with Crippen molar-refractivity contribution in [3.63, 3.8) is 0 Å². The van der Waals surface area contributed by atoms with E-state index in [9.17, 15) is 4.57 Å². The Bertz CT molecular complexity index is 1840. The Labute approximate surface area is 209 Å². The van der Waals surface area contributed by atoms with Gasteiger partial charge in [0.15, 0.2) is 7.14 Å². The standard InChI is InChI=1S/C33H22NOP/c35-36(26-10-3-1-4-11-26,27-12-5-2-6-13-27)28-18-21-31(34-22-28)29-19-16-25-15-14-23-8-7-9-24-17-20-30(29)33(25)32(23)24/h1-22H. The molecule has 7 aromatic rings. The first kappa shape index (κ1) is 21.1. The fourth-order valence-electron chi connectivity index (χ4n) is 5.41. The summed E-state index contributed by atoms with van der Waals surface area (Å²) in [5, 5.41) is 9.84. The lowest BCUT2D eigenvalue weighted by atomic mass is 9.91. The highest BCUT2D eigenvalue weighted by Crippen LogP contribution is 2.43. The van der Waals surface area contributed by atoms with Crippen molar-refractivity contribution < 1.29 is 4.57 Å². The first-order valence-electron chi connectivity index (χ1n) is 12.1. The molecule has 1 aromatic heterocycles. The van der Waals surface area contributed by atoms with Crippen molar-refractivity contribution in [2.24, 2.45) is 0 Å². The van der Waals surface area contributed by atoms with Gasteiger partial charge in [0.25, 0.3) is 0 Å². The van der Waals surface area contributed by atoms with Crippen molar-refractivity contribution >= 4 is 55.4 Å². The molecule has 0 fully saturated rings. The van der Waals surface area contributed by atoms with Crippen LogP contribution in [0.3, 0.4) is 0 Å². The Hall–Kier alpha value is -4.26. The topological polar surface area (TPSA) is 30.0 Å². The highest BCUT2D eigenvalue weighted by atomic mass is 31.2. The molecule has 0 radical (unpaired) electrons. The SMILES string of the molecule is O=P(c1ccccc1)(c1ccccc1)c1ccc(-c2ccc3ccc4cccc5ccc2c3c45)nc1. The van der Waals surface area contributed by atoms with Crippen LogP contribution in [0.5, 0.6) is 0 Å².